The number of nitrogens with zero attached hydrogens (tertiary/aromatic N) is 3. The maximum absolute atomic E-state index is 6.18. The minimum absolute atomic E-state index is 0.668. The maximum atomic E-state index is 6.18. The number of imidazole rings is 1. The topological polar surface area (TPSA) is 66.5 Å². The summed E-state index contributed by atoms with van der Waals surface area (Å²) in [5, 5.41) is 5.26. The number of aromatic nitrogens is 4. The average molecular weight is 400 g/mol. The standard InChI is InChI=1S/C23H18ClN5/c24-15-8-9-17-21(13-15)27-14-18(23-28-19-6-1-2-7-20(19)29-23)22(17)26-12-10-16-5-3-4-11-25-16/h1-9,11,13-14H,10,12H2,(H,26,27)(H,28,29). The number of benzene rings is 2. The van der Waals surface area contributed by atoms with E-state index < -0.39 is 0 Å². The Labute approximate surface area is 172 Å². The Morgan fingerprint density at radius 2 is 1.83 bits per heavy atom. The van der Waals surface area contributed by atoms with E-state index in [1.54, 1.807) is 0 Å². The van der Waals surface area contributed by atoms with Crippen LogP contribution >= 0.6 is 11.6 Å². The molecule has 3 aromatic heterocycles. The number of fused-ring (bicyclic) bond motifs is 2. The van der Waals surface area contributed by atoms with Crippen molar-refractivity contribution in [1.29, 1.82) is 0 Å². The van der Waals surface area contributed by atoms with Crippen molar-refractivity contribution in [3.05, 3.63) is 83.8 Å². The van der Waals surface area contributed by atoms with Crippen LogP contribution in [0.25, 0.3) is 33.3 Å². The van der Waals surface area contributed by atoms with Gasteiger partial charge >= 0.3 is 0 Å². The summed E-state index contributed by atoms with van der Waals surface area (Å²) >= 11 is 6.18. The maximum Gasteiger partial charge on any atom is 0.142 e. The van der Waals surface area contributed by atoms with Crippen molar-refractivity contribution in [3.63, 3.8) is 0 Å². The molecule has 5 rings (SSSR count). The smallest absolute Gasteiger partial charge is 0.142 e. The summed E-state index contributed by atoms with van der Waals surface area (Å²) in [6.45, 7) is 0.742. The third-order valence-corrected chi connectivity index (χ3v) is 5.12. The number of aromatic amines is 1. The zero-order valence-electron chi connectivity index (χ0n) is 15.6. The van der Waals surface area contributed by atoms with E-state index in [2.05, 4.69) is 20.3 Å². The van der Waals surface area contributed by atoms with Gasteiger partial charge in [-0.2, -0.15) is 0 Å². The lowest BCUT2D eigenvalue weighted by molar-refractivity contribution is 0.962. The molecule has 5 aromatic rings. The van der Waals surface area contributed by atoms with Crippen molar-refractivity contribution < 1.29 is 0 Å². The van der Waals surface area contributed by atoms with Crippen LogP contribution in [0.2, 0.25) is 5.02 Å². The predicted molar refractivity (Wildman–Crippen MR) is 118 cm³/mol. The van der Waals surface area contributed by atoms with Crippen LogP contribution in [-0.4, -0.2) is 26.5 Å². The molecule has 29 heavy (non-hydrogen) atoms. The van der Waals surface area contributed by atoms with Gasteiger partial charge in [-0.15, -0.1) is 0 Å². The largest absolute Gasteiger partial charge is 0.383 e. The molecule has 0 aliphatic rings. The van der Waals surface area contributed by atoms with E-state index in [1.165, 1.54) is 0 Å². The molecule has 2 N–H and O–H groups in total. The van der Waals surface area contributed by atoms with Gasteiger partial charge in [0.25, 0.3) is 0 Å². The summed E-state index contributed by atoms with van der Waals surface area (Å²) < 4.78 is 0. The number of rotatable bonds is 5. The molecule has 0 saturated carbocycles. The van der Waals surface area contributed by atoms with Crippen LogP contribution in [0.5, 0.6) is 0 Å². The minimum atomic E-state index is 0.668. The molecule has 0 aliphatic heterocycles. The van der Waals surface area contributed by atoms with Crippen molar-refractivity contribution in [3.8, 4) is 11.4 Å². The normalized spacial score (nSPS) is 11.2. The lowest BCUT2D eigenvalue weighted by Gasteiger charge is -2.14. The molecule has 0 spiro atoms. The van der Waals surface area contributed by atoms with Gasteiger partial charge < -0.3 is 10.3 Å². The van der Waals surface area contributed by atoms with Crippen molar-refractivity contribution in [2.24, 2.45) is 0 Å². The third kappa shape index (κ3) is 3.52. The fourth-order valence-corrected chi connectivity index (χ4v) is 3.65. The van der Waals surface area contributed by atoms with Crippen molar-refractivity contribution in [2.45, 2.75) is 6.42 Å². The number of halogens is 1. The van der Waals surface area contributed by atoms with Gasteiger partial charge in [0.15, 0.2) is 0 Å². The molecule has 0 fully saturated rings. The molecule has 6 heteroatoms. The van der Waals surface area contributed by atoms with E-state index in [0.29, 0.717) is 5.02 Å². The second-order valence-electron chi connectivity index (χ2n) is 6.81. The summed E-state index contributed by atoms with van der Waals surface area (Å²) in [6, 6.07) is 19.7. The van der Waals surface area contributed by atoms with Crippen molar-refractivity contribution in [2.75, 3.05) is 11.9 Å². The molecule has 0 aliphatic carbocycles. The van der Waals surface area contributed by atoms with Gasteiger partial charge in [-0.05, 0) is 42.5 Å². The summed E-state index contributed by atoms with van der Waals surface area (Å²) in [5.74, 6) is 0.788. The number of hydrogen-bond acceptors (Lipinski definition) is 4. The molecule has 0 atom stereocenters. The average Bonchev–Trinajstić information content (AvgIpc) is 3.18. The van der Waals surface area contributed by atoms with Crippen LogP contribution in [0.3, 0.4) is 0 Å². The second-order valence-corrected chi connectivity index (χ2v) is 7.25. The number of H-pyrrole nitrogens is 1. The van der Waals surface area contributed by atoms with Gasteiger partial charge in [0.2, 0.25) is 0 Å². The Kier molecular flexibility index (Phi) is 4.58. The summed E-state index contributed by atoms with van der Waals surface area (Å²) in [5.41, 5.74) is 5.74. The Hall–Kier alpha value is -3.44. The first-order chi connectivity index (χ1) is 14.3. The van der Waals surface area contributed by atoms with E-state index in [0.717, 1.165) is 57.7 Å². The first-order valence-corrected chi connectivity index (χ1v) is 9.83. The van der Waals surface area contributed by atoms with Crippen molar-refractivity contribution in [1.82, 2.24) is 19.9 Å². The molecule has 142 valence electrons. The van der Waals surface area contributed by atoms with Crippen molar-refractivity contribution >= 4 is 39.2 Å². The van der Waals surface area contributed by atoms with Gasteiger partial charge in [0.1, 0.15) is 5.82 Å². The van der Waals surface area contributed by atoms with Crippen LogP contribution in [0, 0.1) is 0 Å². The molecule has 5 nitrogen and oxygen atoms in total. The molecule has 3 heterocycles. The number of anilines is 1. The van der Waals surface area contributed by atoms with E-state index in [-0.39, 0.29) is 0 Å². The van der Waals surface area contributed by atoms with Crippen LogP contribution in [0.1, 0.15) is 5.69 Å². The van der Waals surface area contributed by atoms with Crippen LogP contribution in [0.15, 0.2) is 73.1 Å². The minimum Gasteiger partial charge on any atom is -0.383 e. The Balaban J connectivity index is 1.57. The van der Waals surface area contributed by atoms with Crippen LogP contribution in [0.4, 0.5) is 5.69 Å². The van der Waals surface area contributed by atoms with E-state index in [9.17, 15) is 0 Å². The highest BCUT2D eigenvalue weighted by molar-refractivity contribution is 6.31. The summed E-state index contributed by atoms with van der Waals surface area (Å²) in [4.78, 5) is 17.2. The zero-order valence-corrected chi connectivity index (χ0v) is 16.3. The first-order valence-electron chi connectivity index (χ1n) is 9.45. The molecule has 0 unspecified atom stereocenters. The lowest BCUT2D eigenvalue weighted by Crippen LogP contribution is -2.08. The highest BCUT2D eigenvalue weighted by Crippen LogP contribution is 2.34. The third-order valence-electron chi connectivity index (χ3n) is 4.88. The lowest BCUT2D eigenvalue weighted by atomic mass is 10.1. The Morgan fingerprint density at radius 3 is 2.69 bits per heavy atom. The molecular formula is C23H18ClN5. The quantitative estimate of drug-likeness (QED) is 0.410. The first kappa shape index (κ1) is 17.6. The SMILES string of the molecule is Clc1ccc2c(NCCc3ccccn3)c(-c3nc4ccccc4[nH]3)cnc2c1. The van der Waals surface area contributed by atoms with Gasteiger partial charge in [0, 0.05) is 41.5 Å². The monoisotopic (exact) mass is 399 g/mol. The van der Waals surface area contributed by atoms with Crippen LogP contribution < -0.4 is 5.32 Å². The molecule has 0 radical (unpaired) electrons. The number of para-hydroxylation sites is 2. The fourth-order valence-electron chi connectivity index (χ4n) is 3.48. The number of pyridine rings is 2. The van der Waals surface area contributed by atoms with Gasteiger partial charge in [-0.1, -0.05) is 29.8 Å². The van der Waals surface area contributed by atoms with E-state index in [4.69, 9.17) is 16.6 Å². The van der Waals surface area contributed by atoms with Gasteiger partial charge in [0.05, 0.1) is 27.8 Å². The number of nitrogens with one attached hydrogen (secondary N) is 2. The predicted octanol–water partition coefficient (Wildman–Crippen LogP) is 5.48. The number of hydrogen-bond donors (Lipinski definition) is 2. The Bertz CT molecular complexity index is 1260. The molecular weight excluding hydrogens is 382 g/mol. The van der Waals surface area contributed by atoms with E-state index >= 15 is 0 Å². The molecule has 0 amide bonds. The summed E-state index contributed by atoms with van der Waals surface area (Å²) in [6.07, 6.45) is 4.48. The van der Waals surface area contributed by atoms with E-state index in [1.807, 2.05) is 73.1 Å². The summed E-state index contributed by atoms with van der Waals surface area (Å²) in [7, 11) is 0. The van der Waals surface area contributed by atoms with Gasteiger partial charge in [-0.3, -0.25) is 9.97 Å². The molecule has 0 saturated heterocycles. The highest BCUT2D eigenvalue weighted by atomic mass is 35.5. The van der Waals surface area contributed by atoms with Gasteiger partial charge in [-0.25, -0.2) is 4.98 Å². The zero-order chi connectivity index (χ0) is 19.6. The Morgan fingerprint density at radius 1 is 0.931 bits per heavy atom. The highest BCUT2D eigenvalue weighted by Gasteiger charge is 2.14. The second kappa shape index (κ2) is 7.53. The van der Waals surface area contributed by atoms with Crippen LogP contribution in [-0.2, 0) is 6.42 Å². The fraction of sp³-hybridized carbons (Fsp3) is 0.0870. The molecule has 0 bridgehead atoms. The molecule has 2 aromatic carbocycles.